The maximum absolute atomic E-state index is 12.2. The van der Waals surface area contributed by atoms with Gasteiger partial charge in [-0.1, -0.05) is 29.8 Å². The molecule has 0 fully saturated rings. The molecule has 0 aliphatic heterocycles. The van der Waals surface area contributed by atoms with Crippen LogP contribution in [0.15, 0.2) is 42.5 Å². The summed E-state index contributed by atoms with van der Waals surface area (Å²) in [6, 6.07) is 12.1. The zero-order chi connectivity index (χ0) is 14.7. The van der Waals surface area contributed by atoms with Gasteiger partial charge in [-0.25, -0.2) is 0 Å². The minimum absolute atomic E-state index is 0.00869. The number of rotatable bonds is 4. The number of non-ortho nitro benzene ring substituents is 1. The number of benzene rings is 2. The van der Waals surface area contributed by atoms with Crippen molar-refractivity contribution >= 4 is 11.5 Å². The molecule has 2 aromatic carbocycles. The molecule has 2 rings (SSSR count). The number of ketones is 1. The molecular formula is C16H15NO3. The van der Waals surface area contributed by atoms with E-state index >= 15 is 0 Å². The van der Waals surface area contributed by atoms with Crippen molar-refractivity contribution in [2.75, 3.05) is 0 Å². The predicted molar refractivity (Wildman–Crippen MR) is 77.0 cm³/mol. The first kappa shape index (κ1) is 13.9. The zero-order valence-electron chi connectivity index (χ0n) is 11.4. The van der Waals surface area contributed by atoms with Crippen LogP contribution in [0.1, 0.15) is 27.0 Å². The highest BCUT2D eigenvalue weighted by Gasteiger charge is 2.13. The van der Waals surface area contributed by atoms with Gasteiger partial charge in [-0.05, 0) is 31.0 Å². The highest BCUT2D eigenvalue weighted by molar-refractivity contribution is 5.99. The van der Waals surface area contributed by atoms with Crippen LogP contribution in [0.5, 0.6) is 0 Å². The van der Waals surface area contributed by atoms with E-state index in [4.69, 9.17) is 0 Å². The van der Waals surface area contributed by atoms with Gasteiger partial charge in [-0.3, -0.25) is 14.9 Å². The van der Waals surface area contributed by atoms with Crippen LogP contribution in [0, 0.1) is 24.0 Å². The van der Waals surface area contributed by atoms with Crippen molar-refractivity contribution in [2.24, 2.45) is 0 Å². The first-order chi connectivity index (χ1) is 9.47. The number of nitrogens with zero attached hydrogens (tertiary/aromatic N) is 1. The van der Waals surface area contributed by atoms with Gasteiger partial charge < -0.3 is 0 Å². The number of carbonyl (C=O) groups excluding carboxylic acids is 1. The number of hydrogen-bond acceptors (Lipinski definition) is 3. The van der Waals surface area contributed by atoms with Gasteiger partial charge in [0.15, 0.2) is 5.78 Å². The summed E-state index contributed by atoms with van der Waals surface area (Å²) in [5, 5.41) is 10.7. The molecule has 0 saturated heterocycles. The lowest BCUT2D eigenvalue weighted by Gasteiger charge is -2.05. The second-order valence-electron chi connectivity index (χ2n) is 4.84. The lowest BCUT2D eigenvalue weighted by atomic mass is 9.98. The highest BCUT2D eigenvalue weighted by atomic mass is 16.6. The van der Waals surface area contributed by atoms with E-state index in [-0.39, 0.29) is 11.5 Å². The Morgan fingerprint density at radius 3 is 2.30 bits per heavy atom. The molecule has 0 spiro atoms. The summed E-state index contributed by atoms with van der Waals surface area (Å²) >= 11 is 0. The van der Waals surface area contributed by atoms with Crippen LogP contribution >= 0.6 is 0 Å². The van der Waals surface area contributed by atoms with Gasteiger partial charge in [0, 0.05) is 24.1 Å². The SMILES string of the molecule is Cc1ccc(CC(=O)c2ccc([N+](=O)[O-])cc2C)cc1. The van der Waals surface area contributed by atoms with Crippen molar-refractivity contribution in [1.29, 1.82) is 0 Å². The van der Waals surface area contributed by atoms with E-state index in [0.717, 1.165) is 11.1 Å². The molecule has 4 heteroatoms. The first-order valence-electron chi connectivity index (χ1n) is 6.31. The minimum atomic E-state index is -0.457. The summed E-state index contributed by atoms with van der Waals surface area (Å²) in [6.07, 6.45) is 0.304. The molecule has 0 radical (unpaired) electrons. The average Bonchev–Trinajstić information content (AvgIpc) is 2.41. The molecule has 102 valence electrons. The van der Waals surface area contributed by atoms with Crippen molar-refractivity contribution in [2.45, 2.75) is 20.3 Å². The van der Waals surface area contributed by atoms with Crippen molar-refractivity contribution in [1.82, 2.24) is 0 Å². The van der Waals surface area contributed by atoms with Crippen molar-refractivity contribution in [3.8, 4) is 0 Å². The number of hydrogen-bond donors (Lipinski definition) is 0. The molecule has 0 N–H and O–H groups in total. The normalized spacial score (nSPS) is 10.3. The number of nitro groups is 1. The summed E-state index contributed by atoms with van der Waals surface area (Å²) in [4.78, 5) is 22.5. The molecule has 0 saturated carbocycles. The zero-order valence-corrected chi connectivity index (χ0v) is 11.4. The molecule has 0 heterocycles. The lowest BCUT2D eigenvalue weighted by molar-refractivity contribution is -0.384. The molecule has 0 atom stereocenters. The average molecular weight is 269 g/mol. The van der Waals surface area contributed by atoms with E-state index in [2.05, 4.69) is 0 Å². The number of carbonyl (C=O) groups is 1. The number of Topliss-reactive ketones (excluding diaryl/α,β-unsaturated/α-hetero) is 1. The van der Waals surface area contributed by atoms with E-state index in [0.29, 0.717) is 17.5 Å². The van der Waals surface area contributed by atoms with E-state index in [1.807, 2.05) is 31.2 Å². The standard InChI is InChI=1S/C16H15NO3/c1-11-3-5-13(6-4-11)10-16(18)15-8-7-14(17(19)20)9-12(15)2/h3-9H,10H2,1-2H3. The molecule has 20 heavy (non-hydrogen) atoms. The van der Waals surface area contributed by atoms with Crippen molar-refractivity contribution in [3.05, 3.63) is 74.8 Å². The Morgan fingerprint density at radius 1 is 1.10 bits per heavy atom. The Balaban J connectivity index is 2.21. The fourth-order valence-corrected chi connectivity index (χ4v) is 2.06. The molecule has 0 bridgehead atoms. The smallest absolute Gasteiger partial charge is 0.269 e. The van der Waals surface area contributed by atoms with Crippen LogP contribution in [-0.4, -0.2) is 10.7 Å². The van der Waals surface area contributed by atoms with Gasteiger partial charge in [-0.15, -0.1) is 0 Å². The summed E-state index contributed by atoms with van der Waals surface area (Å²) in [5.74, 6) is -0.0266. The van der Waals surface area contributed by atoms with Gasteiger partial charge >= 0.3 is 0 Å². The molecule has 4 nitrogen and oxygen atoms in total. The topological polar surface area (TPSA) is 60.2 Å². The molecule has 0 unspecified atom stereocenters. The minimum Gasteiger partial charge on any atom is -0.294 e. The number of nitro benzene ring substituents is 1. The third-order valence-corrected chi connectivity index (χ3v) is 3.21. The third-order valence-electron chi connectivity index (χ3n) is 3.21. The van der Waals surface area contributed by atoms with Gasteiger partial charge in [0.1, 0.15) is 0 Å². The summed E-state index contributed by atoms with van der Waals surface area (Å²) < 4.78 is 0. The summed E-state index contributed by atoms with van der Waals surface area (Å²) in [7, 11) is 0. The Labute approximate surface area is 117 Å². The summed E-state index contributed by atoms with van der Waals surface area (Å²) in [5.41, 5.74) is 3.27. The highest BCUT2D eigenvalue weighted by Crippen LogP contribution is 2.19. The van der Waals surface area contributed by atoms with E-state index in [9.17, 15) is 14.9 Å². The predicted octanol–water partition coefficient (Wildman–Crippen LogP) is 3.64. The van der Waals surface area contributed by atoms with Crippen LogP contribution in [0.4, 0.5) is 5.69 Å². The van der Waals surface area contributed by atoms with Crippen LogP contribution < -0.4 is 0 Å². The molecule has 0 amide bonds. The molecule has 0 aliphatic rings. The van der Waals surface area contributed by atoms with Crippen molar-refractivity contribution < 1.29 is 9.72 Å². The van der Waals surface area contributed by atoms with Crippen molar-refractivity contribution in [3.63, 3.8) is 0 Å². The Kier molecular flexibility index (Phi) is 3.94. The monoisotopic (exact) mass is 269 g/mol. The van der Waals surface area contributed by atoms with E-state index in [1.54, 1.807) is 6.92 Å². The molecule has 2 aromatic rings. The quantitative estimate of drug-likeness (QED) is 0.483. The van der Waals surface area contributed by atoms with Gasteiger partial charge in [0.05, 0.1) is 4.92 Å². The molecule has 0 aliphatic carbocycles. The Morgan fingerprint density at radius 2 is 1.75 bits per heavy atom. The second-order valence-corrected chi connectivity index (χ2v) is 4.84. The van der Waals surface area contributed by atoms with Gasteiger partial charge in [-0.2, -0.15) is 0 Å². The fraction of sp³-hybridized carbons (Fsp3) is 0.188. The maximum Gasteiger partial charge on any atom is 0.269 e. The van der Waals surface area contributed by atoms with E-state index in [1.165, 1.54) is 18.2 Å². The second kappa shape index (κ2) is 5.65. The van der Waals surface area contributed by atoms with Gasteiger partial charge in [0.2, 0.25) is 0 Å². The largest absolute Gasteiger partial charge is 0.294 e. The maximum atomic E-state index is 12.2. The number of aryl methyl sites for hydroxylation is 2. The Bertz CT molecular complexity index is 660. The summed E-state index contributed by atoms with van der Waals surface area (Å²) in [6.45, 7) is 3.71. The fourth-order valence-electron chi connectivity index (χ4n) is 2.06. The Hall–Kier alpha value is -2.49. The van der Waals surface area contributed by atoms with Crippen LogP contribution in [0.3, 0.4) is 0 Å². The van der Waals surface area contributed by atoms with Crippen LogP contribution in [0.2, 0.25) is 0 Å². The van der Waals surface area contributed by atoms with Crippen LogP contribution in [0.25, 0.3) is 0 Å². The first-order valence-corrected chi connectivity index (χ1v) is 6.31. The third kappa shape index (κ3) is 3.09. The van der Waals surface area contributed by atoms with Gasteiger partial charge in [0.25, 0.3) is 5.69 Å². The lowest BCUT2D eigenvalue weighted by Crippen LogP contribution is -2.06. The molecule has 0 aromatic heterocycles. The molecular weight excluding hydrogens is 254 g/mol. The van der Waals surface area contributed by atoms with E-state index < -0.39 is 4.92 Å². The van der Waals surface area contributed by atoms with Crippen LogP contribution in [-0.2, 0) is 6.42 Å².